The van der Waals surface area contributed by atoms with Crippen molar-refractivity contribution in [2.24, 2.45) is 0 Å². The van der Waals surface area contributed by atoms with Gasteiger partial charge >= 0.3 is 0 Å². The Morgan fingerprint density at radius 2 is 1.96 bits per heavy atom. The fourth-order valence-electron chi connectivity index (χ4n) is 3.57. The summed E-state index contributed by atoms with van der Waals surface area (Å²) in [6, 6.07) is 8.38. The molecular weight excluding hydrogens is 374 g/mol. The molecule has 1 atom stereocenters. The van der Waals surface area contributed by atoms with E-state index >= 15 is 0 Å². The topological polar surface area (TPSA) is 90.6 Å². The van der Waals surface area contributed by atoms with E-state index in [1.165, 1.54) is 36.0 Å². The number of piperidine rings is 1. The fourth-order valence-corrected chi connectivity index (χ4v) is 3.71. The van der Waals surface area contributed by atoms with Crippen molar-refractivity contribution in [3.05, 3.63) is 52.3 Å². The van der Waals surface area contributed by atoms with Crippen molar-refractivity contribution in [3.63, 3.8) is 0 Å². The molecule has 0 unspecified atom stereocenters. The number of aromatic amines is 1. The van der Waals surface area contributed by atoms with E-state index in [1.54, 1.807) is 18.3 Å². The third kappa shape index (κ3) is 4.26. The van der Waals surface area contributed by atoms with Gasteiger partial charge in [-0.2, -0.15) is 10.1 Å². The number of anilines is 4. The first-order chi connectivity index (χ1) is 13.6. The molecule has 8 heteroatoms. The summed E-state index contributed by atoms with van der Waals surface area (Å²) in [6.07, 6.45) is 5.45. The molecule has 1 aliphatic heterocycles. The van der Waals surface area contributed by atoms with Crippen LogP contribution < -0.4 is 16.0 Å². The van der Waals surface area contributed by atoms with Crippen LogP contribution in [-0.4, -0.2) is 26.7 Å². The van der Waals surface area contributed by atoms with Crippen molar-refractivity contribution < 1.29 is 0 Å². The van der Waals surface area contributed by atoms with E-state index in [4.69, 9.17) is 11.6 Å². The summed E-state index contributed by atoms with van der Waals surface area (Å²) in [4.78, 5) is 8.85. The Morgan fingerprint density at radius 1 is 1.07 bits per heavy atom. The van der Waals surface area contributed by atoms with Crippen LogP contribution in [0.5, 0.6) is 0 Å². The SMILES string of the molecule is Cc1cc([C@@H]2CCCCN2)c(C)cc1Nc1nccc(Nc2cc(Cl)[nH]n2)n1. The molecule has 1 aliphatic rings. The Bertz CT molecular complexity index is 963. The van der Waals surface area contributed by atoms with Crippen molar-refractivity contribution in [2.75, 3.05) is 17.2 Å². The summed E-state index contributed by atoms with van der Waals surface area (Å²) in [6.45, 7) is 5.37. The van der Waals surface area contributed by atoms with Crippen LogP contribution in [0.15, 0.2) is 30.5 Å². The van der Waals surface area contributed by atoms with Gasteiger partial charge in [-0.1, -0.05) is 24.1 Å². The van der Waals surface area contributed by atoms with E-state index in [-0.39, 0.29) is 0 Å². The molecule has 0 spiro atoms. The number of nitrogens with zero attached hydrogens (tertiary/aromatic N) is 3. The highest BCUT2D eigenvalue weighted by Crippen LogP contribution is 2.30. The lowest BCUT2D eigenvalue weighted by Crippen LogP contribution is -2.27. The minimum Gasteiger partial charge on any atom is -0.324 e. The largest absolute Gasteiger partial charge is 0.324 e. The van der Waals surface area contributed by atoms with Crippen molar-refractivity contribution in [3.8, 4) is 0 Å². The molecule has 146 valence electrons. The van der Waals surface area contributed by atoms with Crippen LogP contribution in [0.4, 0.5) is 23.3 Å². The fraction of sp³-hybridized carbons (Fsp3) is 0.350. The maximum absolute atomic E-state index is 5.86. The number of nitrogens with one attached hydrogen (secondary N) is 4. The average Bonchev–Trinajstić information content (AvgIpc) is 3.10. The Morgan fingerprint density at radius 3 is 2.71 bits per heavy atom. The lowest BCUT2D eigenvalue weighted by atomic mass is 9.92. The van der Waals surface area contributed by atoms with E-state index in [1.807, 2.05) is 0 Å². The molecule has 2 aromatic heterocycles. The highest BCUT2D eigenvalue weighted by Gasteiger charge is 2.18. The van der Waals surface area contributed by atoms with Gasteiger partial charge in [-0.3, -0.25) is 5.10 Å². The molecule has 4 rings (SSSR count). The van der Waals surface area contributed by atoms with Gasteiger partial charge in [-0.15, -0.1) is 0 Å². The number of aromatic nitrogens is 4. The molecular formula is C20H24ClN7. The molecule has 0 saturated carbocycles. The Balaban J connectivity index is 1.52. The number of hydrogen-bond acceptors (Lipinski definition) is 6. The monoisotopic (exact) mass is 397 g/mol. The van der Waals surface area contributed by atoms with Crippen LogP contribution >= 0.6 is 11.6 Å². The van der Waals surface area contributed by atoms with Crippen LogP contribution in [0, 0.1) is 13.8 Å². The lowest BCUT2D eigenvalue weighted by molar-refractivity contribution is 0.411. The maximum atomic E-state index is 5.86. The van der Waals surface area contributed by atoms with Gasteiger partial charge in [0.15, 0.2) is 5.82 Å². The predicted octanol–water partition coefficient (Wildman–Crippen LogP) is 4.77. The summed E-state index contributed by atoms with van der Waals surface area (Å²) in [7, 11) is 0. The van der Waals surface area contributed by atoms with Gasteiger partial charge in [0.25, 0.3) is 0 Å². The third-order valence-corrected chi connectivity index (χ3v) is 5.20. The molecule has 1 fully saturated rings. The molecule has 0 amide bonds. The summed E-state index contributed by atoms with van der Waals surface area (Å²) in [5.41, 5.74) is 4.84. The quantitative estimate of drug-likeness (QED) is 0.495. The zero-order valence-corrected chi connectivity index (χ0v) is 16.8. The lowest BCUT2D eigenvalue weighted by Gasteiger charge is -2.26. The van der Waals surface area contributed by atoms with Crippen molar-refractivity contribution in [1.82, 2.24) is 25.5 Å². The van der Waals surface area contributed by atoms with E-state index in [0.29, 0.717) is 28.8 Å². The standard InChI is InChI=1S/C20H24ClN7/c1-12-10-16(13(2)9-14(12)15-5-3-4-7-22-15)24-20-23-8-6-18(26-20)25-19-11-17(21)27-28-19/h6,8-11,15,22H,3-5,7H2,1-2H3,(H3,23,24,25,26,27,28)/t15-/m0/s1. The summed E-state index contributed by atoms with van der Waals surface area (Å²) >= 11 is 5.86. The Hall–Kier alpha value is -2.64. The number of aryl methyl sites for hydroxylation is 2. The van der Waals surface area contributed by atoms with Gasteiger partial charge in [-0.05, 0) is 62.1 Å². The van der Waals surface area contributed by atoms with Crippen LogP contribution in [0.25, 0.3) is 0 Å². The van der Waals surface area contributed by atoms with Crippen LogP contribution in [-0.2, 0) is 0 Å². The number of rotatable bonds is 5. The van der Waals surface area contributed by atoms with Crippen molar-refractivity contribution in [1.29, 1.82) is 0 Å². The molecule has 28 heavy (non-hydrogen) atoms. The van der Waals surface area contributed by atoms with E-state index < -0.39 is 0 Å². The number of halogens is 1. The molecule has 0 aliphatic carbocycles. The van der Waals surface area contributed by atoms with Crippen LogP contribution in [0.1, 0.15) is 42.0 Å². The molecule has 0 bridgehead atoms. The van der Waals surface area contributed by atoms with Gasteiger partial charge in [0.1, 0.15) is 11.0 Å². The van der Waals surface area contributed by atoms with Crippen LogP contribution in [0.3, 0.4) is 0 Å². The van der Waals surface area contributed by atoms with E-state index in [2.05, 4.69) is 62.1 Å². The third-order valence-electron chi connectivity index (χ3n) is 5.00. The highest BCUT2D eigenvalue weighted by molar-refractivity contribution is 6.29. The number of H-pyrrole nitrogens is 1. The predicted molar refractivity (Wildman–Crippen MR) is 113 cm³/mol. The van der Waals surface area contributed by atoms with Gasteiger partial charge in [-0.25, -0.2) is 4.98 Å². The minimum absolute atomic E-state index is 0.450. The molecule has 3 aromatic rings. The van der Waals surface area contributed by atoms with Gasteiger partial charge < -0.3 is 16.0 Å². The zero-order chi connectivity index (χ0) is 19.5. The van der Waals surface area contributed by atoms with Gasteiger partial charge in [0.05, 0.1) is 0 Å². The first-order valence-corrected chi connectivity index (χ1v) is 9.89. The normalized spacial score (nSPS) is 16.8. The highest BCUT2D eigenvalue weighted by atomic mass is 35.5. The first kappa shape index (κ1) is 18.7. The van der Waals surface area contributed by atoms with E-state index in [0.717, 1.165) is 12.2 Å². The average molecular weight is 398 g/mol. The second-order valence-electron chi connectivity index (χ2n) is 7.14. The Labute approximate surface area is 169 Å². The molecule has 1 saturated heterocycles. The number of hydrogen-bond donors (Lipinski definition) is 4. The molecule has 7 nitrogen and oxygen atoms in total. The Kier molecular flexibility index (Phi) is 5.45. The number of benzene rings is 1. The van der Waals surface area contributed by atoms with Crippen molar-refractivity contribution >= 4 is 34.9 Å². The maximum Gasteiger partial charge on any atom is 0.229 e. The summed E-state index contributed by atoms with van der Waals surface area (Å²) < 4.78 is 0. The molecule has 1 aromatic carbocycles. The summed E-state index contributed by atoms with van der Waals surface area (Å²) in [5.74, 6) is 1.77. The smallest absolute Gasteiger partial charge is 0.229 e. The molecule has 4 N–H and O–H groups in total. The van der Waals surface area contributed by atoms with E-state index in [9.17, 15) is 0 Å². The second kappa shape index (κ2) is 8.16. The van der Waals surface area contributed by atoms with Gasteiger partial charge in [0, 0.05) is 24.0 Å². The second-order valence-corrected chi connectivity index (χ2v) is 7.55. The van der Waals surface area contributed by atoms with Crippen LogP contribution in [0.2, 0.25) is 5.15 Å². The van der Waals surface area contributed by atoms with Gasteiger partial charge in [0.2, 0.25) is 5.95 Å². The zero-order valence-electron chi connectivity index (χ0n) is 16.0. The summed E-state index contributed by atoms with van der Waals surface area (Å²) in [5, 5.41) is 17.3. The first-order valence-electron chi connectivity index (χ1n) is 9.51. The molecule has 0 radical (unpaired) electrons. The van der Waals surface area contributed by atoms with Crippen molar-refractivity contribution in [2.45, 2.75) is 39.2 Å². The molecule has 3 heterocycles. The minimum atomic E-state index is 0.450.